The van der Waals surface area contributed by atoms with Crippen LogP contribution in [0.2, 0.25) is 0 Å². The Morgan fingerprint density at radius 2 is 1.66 bits per heavy atom. The molecule has 35 heavy (non-hydrogen) atoms. The van der Waals surface area contributed by atoms with Crippen LogP contribution in [0.15, 0.2) is 60.8 Å². The minimum Gasteiger partial charge on any atom is -0.480 e. The number of rotatable bonds is 6. The first-order valence-electron chi connectivity index (χ1n) is 10.00. The van der Waals surface area contributed by atoms with E-state index in [0.29, 0.717) is 21.6 Å². The number of carbonyl (C=O) groups excluding carboxylic acids is 1. The van der Waals surface area contributed by atoms with Crippen LogP contribution in [0.4, 0.5) is 17.6 Å². The molecule has 0 aliphatic heterocycles. The van der Waals surface area contributed by atoms with Gasteiger partial charge < -0.3 is 14.7 Å². The molecule has 2 aromatic heterocycles. The molecule has 1 N–H and O–H groups in total. The van der Waals surface area contributed by atoms with Crippen LogP contribution in [0.3, 0.4) is 0 Å². The molecule has 0 radical (unpaired) electrons. The summed E-state index contributed by atoms with van der Waals surface area (Å²) in [6.07, 6.45) is -3.90. The number of likely N-dealkylation sites (N-methyl/N-ethyl adjacent to an activating group) is 1. The number of aliphatic carboxylic acids is 1. The third-order valence-corrected chi connectivity index (χ3v) is 4.91. The molecule has 2 aromatic carbocycles. The maximum atomic E-state index is 13.8. The Kier molecular flexibility index (Phi) is 6.12. The molecule has 0 atom stereocenters. The Morgan fingerprint density at radius 3 is 2.23 bits per heavy atom. The maximum absolute atomic E-state index is 13.8. The number of halogens is 4. The van der Waals surface area contributed by atoms with Gasteiger partial charge >= 0.3 is 12.1 Å². The van der Waals surface area contributed by atoms with E-state index in [2.05, 4.69) is 10.1 Å². The third-order valence-electron chi connectivity index (χ3n) is 4.91. The average molecular weight is 488 g/mol. The standard InChI is InChI=1S/C23H16F4N4O4/c1-30(12-20(32)33)22(34)17-11-28-31-19(23(25,26)27)10-18(29-21(17)31)13-2-6-15(7-3-13)35-16-8-4-14(24)5-9-16/h2-11H,12H2,1H3,(H,32,33). The Morgan fingerprint density at radius 1 is 1.06 bits per heavy atom. The van der Waals surface area contributed by atoms with Gasteiger partial charge in [-0.05, 0) is 54.6 Å². The molecule has 0 aliphatic rings. The van der Waals surface area contributed by atoms with Crippen molar-refractivity contribution in [1.29, 1.82) is 0 Å². The summed E-state index contributed by atoms with van der Waals surface area (Å²) < 4.78 is 60.5. The van der Waals surface area contributed by atoms with Crippen molar-refractivity contribution >= 4 is 17.5 Å². The zero-order valence-electron chi connectivity index (χ0n) is 18.0. The van der Waals surface area contributed by atoms with Crippen molar-refractivity contribution in [3.63, 3.8) is 0 Å². The molecule has 12 heteroatoms. The lowest BCUT2D eigenvalue weighted by atomic mass is 10.1. The number of nitrogens with zero attached hydrogens (tertiary/aromatic N) is 4. The van der Waals surface area contributed by atoms with Gasteiger partial charge in [-0.2, -0.15) is 18.3 Å². The number of alkyl halides is 3. The summed E-state index contributed by atoms with van der Waals surface area (Å²) in [7, 11) is 1.20. The minimum absolute atomic E-state index is 0.0893. The molecule has 0 fully saturated rings. The van der Waals surface area contributed by atoms with Gasteiger partial charge in [0.1, 0.15) is 29.4 Å². The number of carboxylic acids is 1. The molecular formula is C23H16F4N4O4. The van der Waals surface area contributed by atoms with Crippen LogP contribution in [0.5, 0.6) is 11.5 Å². The van der Waals surface area contributed by atoms with Gasteiger partial charge in [-0.15, -0.1) is 0 Å². The molecule has 180 valence electrons. The fraction of sp³-hybridized carbons (Fsp3) is 0.130. The van der Waals surface area contributed by atoms with Gasteiger partial charge in [0.2, 0.25) is 0 Å². The highest BCUT2D eigenvalue weighted by molar-refractivity contribution is 6.00. The van der Waals surface area contributed by atoms with Crippen molar-refractivity contribution in [3.05, 3.63) is 77.9 Å². The predicted octanol–water partition coefficient (Wildman–Crippen LogP) is 4.50. The van der Waals surface area contributed by atoms with Crippen molar-refractivity contribution in [2.45, 2.75) is 6.18 Å². The number of hydrogen-bond donors (Lipinski definition) is 1. The van der Waals surface area contributed by atoms with Crippen LogP contribution in [0.1, 0.15) is 16.1 Å². The smallest absolute Gasteiger partial charge is 0.433 e. The first-order valence-corrected chi connectivity index (χ1v) is 10.00. The molecule has 8 nitrogen and oxygen atoms in total. The summed E-state index contributed by atoms with van der Waals surface area (Å²) in [6.45, 7) is -0.655. The van der Waals surface area contributed by atoms with Crippen molar-refractivity contribution < 1.29 is 37.0 Å². The van der Waals surface area contributed by atoms with E-state index in [4.69, 9.17) is 9.84 Å². The molecule has 0 unspecified atom stereocenters. The van der Waals surface area contributed by atoms with Gasteiger partial charge in [-0.1, -0.05) is 0 Å². The van der Waals surface area contributed by atoms with E-state index in [1.165, 1.54) is 55.6 Å². The number of benzene rings is 2. The number of hydrogen-bond acceptors (Lipinski definition) is 5. The highest BCUT2D eigenvalue weighted by atomic mass is 19.4. The number of fused-ring (bicyclic) bond motifs is 1. The minimum atomic E-state index is -4.82. The first kappa shape index (κ1) is 23.7. The van der Waals surface area contributed by atoms with Gasteiger partial charge in [-0.3, -0.25) is 9.59 Å². The number of carboxylic acid groups (broad SMARTS) is 1. The van der Waals surface area contributed by atoms with Gasteiger partial charge in [0, 0.05) is 12.6 Å². The summed E-state index contributed by atoms with van der Waals surface area (Å²) >= 11 is 0. The number of carbonyl (C=O) groups is 2. The van der Waals surface area contributed by atoms with E-state index in [9.17, 15) is 27.2 Å². The Hall–Kier alpha value is -4.48. The molecular weight excluding hydrogens is 472 g/mol. The van der Waals surface area contributed by atoms with Crippen molar-refractivity contribution in [2.75, 3.05) is 13.6 Å². The number of ether oxygens (including phenoxy) is 1. The molecule has 1 amide bonds. The first-order chi connectivity index (χ1) is 16.5. The quantitative estimate of drug-likeness (QED) is 0.402. The Labute approximate surface area is 195 Å². The second-order valence-corrected chi connectivity index (χ2v) is 7.45. The van der Waals surface area contributed by atoms with Gasteiger partial charge in [0.25, 0.3) is 5.91 Å². The highest BCUT2D eigenvalue weighted by Crippen LogP contribution is 2.33. The molecule has 0 aliphatic carbocycles. The van der Waals surface area contributed by atoms with Gasteiger partial charge in [0.05, 0.1) is 11.9 Å². The highest BCUT2D eigenvalue weighted by Gasteiger charge is 2.36. The van der Waals surface area contributed by atoms with Crippen LogP contribution in [-0.2, 0) is 11.0 Å². The molecule has 0 bridgehead atoms. The SMILES string of the molecule is CN(CC(=O)O)C(=O)c1cnn2c(C(F)(F)F)cc(-c3ccc(Oc4ccc(F)cc4)cc3)nc12. The Balaban J connectivity index is 1.73. The van der Waals surface area contributed by atoms with E-state index < -0.39 is 36.1 Å². The largest absolute Gasteiger partial charge is 0.480 e. The summed E-state index contributed by atoms with van der Waals surface area (Å²) in [6, 6.07) is 12.0. The van der Waals surface area contributed by atoms with Crippen molar-refractivity contribution in [3.8, 4) is 22.8 Å². The summed E-state index contributed by atoms with van der Waals surface area (Å²) in [4.78, 5) is 28.6. The van der Waals surface area contributed by atoms with Gasteiger partial charge in [0.15, 0.2) is 11.3 Å². The van der Waals surface area contributed by atoms with E-state index >= 15 is 0 Å². The van der Waals surface area contributed by atoms with Gasteiger partial charge in [-0.25, -0.2) is 13.9 Å². The fourth-order valence-electron chi connectivity index (χ4n) is 3.28. The zero-order chi connectivity index (χ0) is 25.3. The molecule has 0 saturated heterocycles. The number of amides is 1. The lowest BCUT2D eigenvalue weighted by Gasteiger charge is -2.14. The van der Waals surface area contributed by atoms with Crippen LogP contribution in [0, 0.1) is 5.82 Å². The third kappa shape index (κ3) is 5.05. The molecule has 0 saturated carbocycles. The van der Waals surface area contributed by atoms with Crippen LogP contribution in [0.25, 0.3) is 16.9 Å². The second-order valence-electron chi connectivity index (χ2n) is 7.45. The normalized spacial score (nSPS) is 11.5. The van der Waals surface area contributed by atoms with Crippen LogP contribution >= 0.6 is 0 Å². The van der Waals surface area contributed by atoms with E-state index in [1.807, 2.05) is 0 Å². The lowest BCUT2D eigenvalue weighted by Crippen LogP contribution is -2.32. The monoisotopic (exact) mass is 488 g/mol. The predicted molar refractivity (Wildman–Crippen MR) is 114 cm³/mol. The average Bonchev–Trinajstić information content (AvgIpc) is 3.22. The lowest BCUT2D eigenvalue weighted by molar-refractivity contribution is -0.142. The van der Waals surface area contributed by atoms with E-state index in [-0.39, 0.29) is 16.9 Å². The zero-order valence-corrected chi connectivity index (χ0v) is 18.0. The Bertz CT molecular complexity index is 1400. The van der Waals surface area contributed by atoms with Crippen molar-refractivity contribution in [2.24, 2.45) is 0 Å². The number of aromatic nitrogens is 3. The summed E-state index contributed by atoms with van der Waals surface area (Å²) in [5.41, 5.74) is -1.61. The molecule has 4 aromatic rings. The van der Waals surface area contributed by atoms with E-state index in [1.54, 1.807) is 0 Å². The summed E-state index contributed by atoms with van der Waals surface area (Å²) in [5, 5.41) is 12.6. The van der Waals surface area contributed by atoms with E-state index in [0.717, 1.165) is 17.2 Å². The maximum Gasteiger partial charge on any atom is 0.433 e. The second kappa shape index (κ2) is 9.05. The molecule has 4 rings (SSSR count). The molecule has 0 spiro atoms. The molecule has 2 heterocycles. The van der Waals surface area contributed by atoms with Crippen molar-refractivity contribution in [1.82, 2.24) is 19.5 Å². The topological polar surface area (TPSA) is 97.0 Å². The fourth-order valence-corrected chi connectivity index (χ4v) is 3.28. The summed E-state index contributed by atoms with van der Waals surface area (Å²) in [5.74, 6) is -1.84. The van der Waals surface area contributed by atoms with Crippen LogP contribution < -0.4 is 4.74 Å². The van der Waals surface area contributed by atoms with Crippen LogP contribution in [-0.4, -0.2) is 50.1 Å².